The molecule has 2 bridgehead atoms. The number of anilines is 2. The zero-order valence-electron chi connectivity index (χ0n) is 23.3. The number of nitrogens with zero attached hydrogens (tertiary/aromatic N) is 6. The highest BCUT2D eigenvalue weighted by Crippen LogP contribution is 2.33. The van der Waals surface area contributed by atoms with Crippen LogP contribution in [0.3, 0.4) is 0 Å². The Bertz CT molecular complexity index is 1610. The fourth-order valence-corrected chi connectivity index (χ4v) is 4.98. The molecule has 13 nitrogen and oxygen atoms in total. The monoisotopic (exact) mass is 603 g/mol. The van der Waals surface area contributed by atoms with E-state index in [0.717, 1.165) is 24.8 Å². The molecular formula is C29H30ClN9O4. The van der Waals surface area contributed by atoms with Gasteiger partial charge >= 0.3 is 6.09 Å². The first kappa shape index (κ1) is 29.6. The summed E-state index contributed by atoms with van der Waals surface area (Å²) in [6.07, 6.45) is 8.40. The van der Waals surface area contributed by atoms with Gasteiger partial charge in [-0.25, -0.2) is 4.79 Å². The molecule has 222 valence electrons. The first-order chi connectivity index (χ1) is 20.9. The first-order valence-electron chi connectivity index (χ1n) is 13.7. The molecule has 0 fully saturated rings. The van der Waals surface area contributed by atoms with Gasteiger partial charge in [0.1, 0.15) is 12.6 Å². The molecule has 2 aromatic heterocycles. The van der Waals surface area contributed by atoms with E-state index in [1.165, 1.54) is 24.2 Å². The molecule has 4 N–H and O–H groups in total. The summed E-state index contributed by atoms with van der Waals surface area (Å²) in [5, 5.41) is 39.9. The Balaban J connectivity index is 1.42. The number of hydrogen-bond donors (Lipinski definition) is 4. The van der Waals surface area contributed by atoms with Crippen LogP contribution in [0.2, 0.25) is 5.02 Å². The van der Waals surface area contributed by atoms with Gasteiger partial charge in [-0.1, -0.05) is 24.4 Å². The number of nitrogens with one attached hydrogen (secondary N) is 3. The van der Waals surface area contributed by atoms with Crippen molar-refractivity contribution in [1.29, 1.82) is 0 Å². The van der Waals surface area contributed by atoms with Crippen molar-refractivity contribution in [3.8, 4) is 16.9 Å². The molecule has 5 rings (SSSR count). The van der Waals surface area contributed by atoms with Gasteiger partial charge in [-0.05, 0) is 83.8 Å². The van der Waals surface area contributed by atoms with E-state index in [4.69, 9.17) is 16.3 Å². The molecule has 2 unspecified atom stereocenters. The van der Waals surface area contributed by atoms with Crippen LogP contribution in [0.5, 0.6) is 0 Å². The third-order valence-electron chi connectivity index (χ3n) is 6.91. The predicted molar refractivity (Wildman–Crippen MR) is 160 cm³/mol. The lowest BCUT2D eigenvalue weighted by molar-refractivity contribution is -0.117. The summed E-state index contributed by atoms with van der Waals surface area (Å²) in [6.45, 7) is 0. The molecule has 14 heteroatoms. The van der Waals surface area contributed by atoms with Crippen LogP contribution in [0.1, 0.15) is 49.3 Å². The molecule has 1 aliphatic rings. The predicted octanol–water partition coefficient (Wildman–Crippen LogP) is 4.52. The van der Waals surface area contributed by atoms with Gasteiger partial charge in [-0.3, -0.25) is 10.1 Å². The summed E-state index contributed by atoms with van der Waals surface area (Å²) in [5.41, 5.74) is 4.38. The number of aliphatic hydroxyl groups is 1. The molecule has 0 aliphatic carbocycles. The van der Waals surface area contributed by atoms with Crippen molar-refractivity contribution in [2.24, 2.45) is 0 Å². The van der Waals surface area contributed by atoms with Crippen molar-refractivity contribution in [2.45, 2.75) is 44.4 Å². The smallest absolute Gasteiger partial charge is 0.411 e. The van der Waals surface area contributed by atoms with Crippen LogP contribution < -0.4 is 16.0 Å². The quantitative estimate of drug-likeness (QED) is 0.238. The van der Waals surface area contributed by atoms with Crippen LogP contribution >= 0.6 is 11.6 Å². The normalized spacial score (nSPS) is 17.0. The number of halogens is 1. The number of carbonyl (C=O) groups excluding carboxylic acids is 2. The number of ether oxygens (including phenoxy) is 1. The summed E-state index contributed by atoms with van der Waals surface area (Å²) in [7, 11) is 1.28. The first-order valence-corrected chi connectivity index (χ1v) is 14.1. The lowest BCUT2D eigenvalue weighted by Crippen LogP contribution is -2.27. The van der Waals surface area contributed by atoms with Crippen molar-refractivity contribution < 1.29 is 19.4 Å². The minimum absolute atomic E-state index is 0.300. The van der Waals surface area contributed by atoms with Crippen molar-refractivity contribution in [3.63, 3.8) is 0 Å². The van der Waals surface area contributed by atoms with Gasteiger partial charge in [-0.2, -0.15) is 14.9 Å². The number of tetrazole rings is 1. The van der Waals surface area contributed by atoms with Crippen LogP contribution in [-0.4, -0.2) is 60.8 Å². The zero-order chi connectivity index (χ0) is 30.2. The van der Waals surface area contributed by atoms with Crippen LogP contribution in [0.15, 0.2) is 61.1 Å². The fourth-order valence-electron chi connectivity index (χ4n) is 4.80. The van der Waals surface area contributed by atoms with Crippen molar-refractivity contribution in [1.82, 2.24) is 35.7 Å². The number of hydrogen-bond acceptors (Lipinski definition) is 10. The van der Waals surface area contributed by atoms with E-state index in [9.17, 15) is 14.7 Å². The Labute approximate surface area is 252 Å². The number of aliphatic hydroxyl groups excluding tert-OH is 1. The second-order valence-corrected chi connectivity index (χ2v) is 10.3. The molecule has 4 aromatic rings. The van der Waals surface area contributed by atoms with Gasteiger partial charge < -0.3 is 20.5 Å². The number of carbonyl (C=O) groups is 2. The molecule has 3 heterocycles. The highest BCUT2D eigenvalue weighted by atomic mass is 35.5. The van der Waals surface area contributed by atoms with Gasteiger partial charge in [0, 0.05) is 33.6 Å². The summed E-state index contributed by atoms with van der Waals surface area (Å²) in [6, 6.07) is 11.9. The largest absolute Gasteiger partial charge is 0.453 e. The number of aromatic nitrogens is 6. The van der Waals surface area contributed by atoms with Crippen LogP contribution in [0.4, 0.5) is 16.2 Å². The average Bonchev–Trinajstić information content (AvgIpc) is 3.54. The Morgan fingerprint density at radius 2 is 1.98 bits per heavy atom. The van der Waals surface area contributed by atoms with E-state index >= 15 is 0 Å². The van der Waals surface area contributed by atoms with Crippen LogP contribution in [0, 0.1) is 0 Å². The summed E-state index contributed by atoms with van der Waals surface area (Å²) >= 11 is 6.22. The van der Waals surface area contributed by atoms with E-state index < -0.39 is 12.3 Å². The molecule has 1 aliphatic heterocycles. The van der Waals surface area contributed by atoms with E-state index in [1.54, 1.807) is 48.7 Å². The van der Waals surface area contributed by atoms with E-state index in [0.29, 0.717) is 51.7 Å². The number of benzene rings is 2. The second-order valence-electron chi connectivity index (χ2n) is 9.90. The molecule has 0 saturated carbocycles. The topological polar surface area (TPSA) is 169 Å². The number of rotatable bonds is 5. The molecule has 2 aromatic carbocycles. The summed E-state index contributed by atoms with van der Waals surface area (Å²) < 4.78 is 6.19. The molecule has 0 saturated heterocycles. The van der Waals surface area contributed by atoms with Gasteiger partial charge in [0.25, 0.3) is 0 Å². The highest BCUT2D eigenvalue weighted by molar-refractivity contribution is 6.30. The minimum atomic E-state index is -0.811. The molecular weight excluding hydrogens is 574 g/mol. The number of fused-ring (bicyclic) bond motifs is 4. The summed E-state index contributed by atoms with van der Waals surface area (Å²) in [5.74, 6) is -0.300. The van der Waals surface area contributed by atoms with Crippen molar-refractivity contribution >= 4 is 41.1 Å². The molecule has 2 amide bonds. The van der Waals surface area contributed by atoms with Crippen molar-refractivity contribution in [3.05, 3.63) is 77.2 Å². The second kappa shape index (κ2) is 13.9. The van der Waals surface area contributed by atoms with Crippen molar-refractivity contribution in [2.75, 3.05) is 17.7 Å². The highest BCUT2D eigenvalue weighted by Gasteiger charge is 2.19. The van der Waals surface area contributed by atoms with Gasteiger partial charge in [0.2, 0.25) is 5.91 Å². The molecule has 0 radical (unpaired) electrons. The zero-order valence-corrected chi connectivity index (χ0v) is 24.0. The fraction of sp³-hybridized carbons (Fsp3) is 0.276. The number of methoxy groups -OCH3 is 1. The Morgan fingerprint density at radius 3 is 2.79 bits per heavy atom. The molecule has 43 heavy (non-hydrogen) atoms. The molecule has 0 spiro atoms. The number of amides is 2. The van der Waals surface area contributed by atoms with E-state index in [1.807, 2.05) is 6.07 Å². The SMILES string of the molecule is COC(=O)Nc1ccc2c(c1)NC(O)CCCCCC(NC(=O)/C=C/c1cc(Cl)ccc1-n1cnnn1)c1cnnc-2c1. The third kappa shape index (κ3) is 7.70. The van der Waals surface area contributed by atoms with Crippen LogP contribution in [-0.2, 0) is 9.53 Å². The lowest BCUT2D eigenvalue weighted by atomic mass is 9.99. The van der Waals surface area contributed by atoms with Gasteiger partial charge in [0.05, 0.1) is 30.7 Å². The molecule has 2 atom stereocenters. The van der Waals surface area contributed by atoms with E-state index in [2.05, 4.69) is 41.7 Å². The van der Waals surface area contributed by atoms with Crippen LogP contribution in [0.25, 0.3) is 23.0 Å². The Morgan fingerprint density at radius 1 is 1.12 bits per heavy atom. The summed E-state index contributed by atoms with van der Waals surface area (Å²) in [4.78, 5) is 24.9. The minimum Gasteiger partial charge on any atom is -0.453 e. The van der Waals surface area contributed by atoms with Gasteiger partial charge in [-0.15, -0.1) is 5.10 Å². The Hall–Kier alpha value is -4.88. The maximum absolute atomic E-state index is 13.2. The average molecular weight is 604 g/mol. The maximum Gasteiger partial charge on any atom is 0.411 e. The standard InChI is InChI=1S/C29H30ClN9O4/c1-43-29(42)33-21-9-10-22-24(15-21)35-27(40)6-4-2-3-5-23(19-14-25(22)36-31-16-19)34-28(41)12-7-18-13-20(30)8-11-26(18)39-17-32-37-38-39/h7-17,23,27,35,40H,2-6H2,1H3,(H,33,42)(H,34,41)/b12-7+. The van der Waals surface area contributed by atoms with E-state index in [-0.39, 0.29) is 11.9 Å². The maximum atomic E-state index is 13.2. The third-order valence-corrected chi connectivity index (χ3v) is 7.15. The van der Waals surface area contributed by atoms with Gasteiger partial charge in [0.15, 0.2) is 0 Å². The Kier molecular flexibility index (Phi) is 9.54. The lowest BCUT2D eigenvalue weighted by Gasteiger charge is -2.19.